The molecule has 2 aromatic carbocycles. The molecule has 0 aliphatic carbocycles. The molecule has 2 amide bonds. The first-order valence-corrected chi connectivity index (χ1v) is 8.47. The number of ether oxygens (including phenoxy) is 2. The third kappa shape index (κ3) is 7.42. The van der Waals surface area contributed by atoms with Crippen LogP contribution in [0.2, 0.25) is 0 Å². The number of rotatable bonds is 6. The van der Waals surface area contributed by atoms with Crippen molar-refractivity contribution in [2.75, 3.05) is 13.7 Å². The van der Waals surface area contributed by atoms with Gasteiger partial charge in [-0.1, -0.05) is 12.1 Å². The third-order valence-corrected chi connectivity index (χ3v) is 3.48. The number of halogens is 1. The van der Waals surface area contributed by atoms with E-state index in [-0.39, 0.29) is 17.5 Å². The minimum Gasteiger partial charge on any atom is -0.497 e. The average Bonchev–Trinajstić information content (AvgIpc) is 2.70. The van der Waals surface area contributed by atoms with E-state index in [1.807, 2.05) is 0 Å². The van der Waals surface area contributed by atoms with Crippen molar-refractivity contribution in [1.82, 2.24) is 16.2 Å². The molecule has 0 fully saturated rings. The highest BCUT2D eigenvalue weighted by molar-refractivity contribution is 7.80. The fourth-order valence-corrected chi connectivity index (χ4v) is 2.07. The number of methoxy groups -OCH3 is 1. The first kappa shape index (κ1) is 20.8. The number of carbonyl (C=O) groups is 2. The Morgan fingerprint density at radius 1 is 1.04 bits per heavy atom. The molecule has 0 bridgehead atoms. The van der Waals surface area contributed by atoms with Gasteiger partial charge in [0.15, 0.2) is 11.7 Å². The number of hydrogen-bond donors (Lipinski definition) is 3. The van der Waals surface area contributed by atoms with Gasteiger partial charge >= 0.3 is 0 Å². The molecule has 0 aliphatic heterocycles. The number of hydrazine groups is 1. The van der Waals surface area contributed by atoms with Crippen LogP contribution in [0.15, 0.2) is 54.6 Å². The van der Waals surface area contributed by atoms with Crippen molar-refractivity contribution in [2.24, 2.45) is 0 Å². The lowest BCUT2D eigenvalue weighted by atomic mass is 10.2. The van der Waals surface area contributed by atoms with Gasteiger partial charge in [0.1, 0.15) is 17.3 Å². The summed E-state index contributed by atoms with van der Waals surface area (Å²) in [6, 6.07) is 12.4. The molecule has 2 rings (SSSR count). The van der Waals surface area contributed by atoms with Crippen LogP contribution in [0.5, 0.6) is 11.5 Å². The monoisotopic (exact) mass is 403 g/mol. The molecule has 0 saturated carbocycles. The zero-order valence-electron chi connectivity index (χ0n) is 14.9. The Morgan fingerprint density at radius 3 is 2.32 bits per heavy atom. The Morgan fingerprint density at radius 2 is 1.68 bits per heavy atom. The summed E-state index contributed by atoms with van der Waals surface area (Å²) in [5.74, 6) is -0.190. The SMILES string of the molecule is COc1ccc(OCC(=O)NNC(=S)NC(=O)/C=C/c2ccc(F)cc2)cc1. The lowest BCUT2D eigenvalue weighted by Gasteiger charge is -2.10. The summed E-state index contributed by atoms with van der Waals surface area (Å²) in [7, 11) is 1.55. The fraction of sp³-hybridized carbons (Fsp3) is 0.105. The van der Waals surface area contributed by atoms with E-state index in [0.717, 1.165) is 0 Å². The van der Waals surface area contributed by atoms with Gasteiger partial charge in [-0.05, 0) is 60.3 Å². The Labute approximate surface area is 166 Å². The lowest BCUT2D eigenvalue weighted by Crippen LogP contribution is -2.49. The number of hydrogen-bond acceptors (Lipinski definition) is 5. The average molecular weight is 403 g/mol. The van der Waals surface area contributed by atoms with Gasteiger partial charge < -0.3 is 9.47 Å². The van der Waals surface area contributed by atoms with E-state index in [4.69, 9.17) is 21.7 Å². The first-order chi connectivity index (χ1) is 13.5. The minimum atomic E-state index is -0.509. The molecule has 0 aliphatic rings. The number of amides is 2. The van der Waals surface area contributed by atoms with Gasteiger partial charge in [-0.3, -0.25) is 25.8 Å². The molecule has 0 atom stereocenters. The molecule has 146 valence electrons. The van der Waals surface area contributed by atoms with Crippen molar-refractivity contribution in [3.8, 4) is 11.5 Å². The molecular formula is C19H18FN3O4S. The Kier molecular flexibility index (Phi) is 7.92. The summed E-state index contributed by atoms with van der Waals surface area (Å²) < 4.78 is 23.1. The first-order valence-electron chi connectivity index (χ1n) is 8.06. The second-order valence-electron chi connectivity index (χ2n) is 5.34. The van der Waals surface area contributed by atoms with E-state index in [1.54, 1.807) is 31.4 Å². The van der Waals surface area contributed by atoms with E-state index in [0.29, 0.717) is 17.1 Å². The summed E-state index contributed by atoms with van der Waals surface area (Å²) in [4.78, 5) is 23.5. The van der Waals surface area contributed by atoms with Gasteiger partial charge in [-0.25, -0.2) is 4.39 Å². The van der Waals surface area contributed by atoms with Crippen LogP contribution in [0.4, 0.5) is 4.39 Å². The molecule has 0 unspecified atom stereocenters. The van der Waals surface area contributed by atoms with Gasteiger partial charge in [0, 0.05) is 6.08 Å². The van der Waals surface area contributed by atoms with Crippen LogP contribution in [0.25, 0.3) is 6.08 Å². The Bertz CT molecular complexity index is 854. The van der Waals surface area contributed by atoms with E-state index >= 15 is 0 Å². The number of thiocarbonyl (C=S) groups is 1. The van der Waals surface area contributed by atoms with Crippen LogP contribution in [0, 0.1) is 5.82 Å². The van der Waals surface area contributed by atoms with Crippen molar-refractivity contribution in [3.05, 3.63) is 66.0 Å². The maximum absolute atomic E-state index is 12.8. The van der Waals surface area contributed by atoms with Crippen molar-refractivity contribution >= 4 is 35.2 Å². The van der Waals surface area contributed by atoms with Gasteiger partial charge in [0.2, 0.25) is 5.91 Å². The van der Waals surface area contributed by atoms with Gasteiger partial charge in [-0.15, -0.1) is 0 Å². The summed E-state index contributed by atoms with van der Waals surface area (Å²) in [6.07, 6.45) is 2.73. The predicted molar refractivity (Wildman–Crippen MR) is 106 cm³/mol. The lowest BCUT2D eigenvalue weighted by molar-refractivity contribution is -0.123. The highest BCUT2D eigenvalue weighted by atomic mass is 32.1. The zero-order valence-corrected chi connectivity index (χ0v) is 15.7. The molecule has 0 aromatic heterocycles. The van der Waals surface area contributed by atoms with Crippen LogP contribution >= 0.6 is 12.2 Å². The second-order valence-corrected chi connectivity index (χ2v) is 5.75. The molecule has 2 aromatic rings. The van der Waals surface area contributed by atoms with Crippen molar-refractivity contribution in [1.29, 1.82) is 0 Å². The number of benzene rings is 2. The highest BCUT2D eigenvalue weighted by Crippen LogP contribution is 2.16. The topological polar surface area (TPSA) is 88.7 Å². The number of carbonyl (C=O) groups excluding carboxylic acids is 2. The van der Waals surface area contributed by atoms with Gasteiger partial charge in [0.25, 0.3) is 5.91 Å². The standard InChI is InChI=1S/C19H18FN3O4S/c1-26-15-7-9-16(10-8-15)27-12-18(25)22-23-19(28)21-17(24)11-4-13-2-5-14(20)6-3-13/h2-11H,12H2,1H3,(H,22,25)(H2,21,23,24,28)/b11-4+. The Hall–Kier alpha value is -3.46. The summed E-state index contributed by atoms with van der Waals surface area (Å²) >= 11 is 4.91. The maximum Gasteiger partial charge on any atom is 0.276 e. The molecule has 0 heterocycles. The molecular weight excluding hydrogens is 385 g/mol. The van der Waals surface area contributed by atoms with Crippen LogP contribution < -0.4 is 25.6 Å². The van der Waals surface area contributed by atoms with Crippen LogP contribution in [0.3, 0.4) is 0 Å². The smallest absolute Gasteiger partial charge is 0.276 e. The molecule has 7 nitrogen and oxygen atoms in total. The molecule has 28 heavy (non-hydrogen) atoms. The summed E-state index contributed by atoms with van der Waals surface area (Å²) in [5.41, 5.74) is 5.34. The van der Waals surface area contributed by atoms with Crippen LogP contribution in [0.1, 0.15) is 5.56 Å². The quantitative estimate of drug-likeness (QED) is 0.388. The molecule has 0 spiro atoms. The largest absolute Gasteiger partial charge is 0.497 e. The van der Waals surface area contributed by atoms with Crippen molar-refractivity contribution in [3.63, 3.8) is 0 Å². The summed E-state index contributed by atoms with van der Waals surface area (Å²) in [6.45, 7) is -0.250. The van der Waals surface area contributed by atoms with Crippen molar-refractivity contribution in [2.45, 2.75) is 0 Å². The van der Waals surface area contributed by atoms with Crippen molar-refractivity contribution < 1.29 is 23.5 Å². The molecule has 9 heteroatoms. The molecule has 0 radical (unpaired) electrons. The third-order valence-electron chi connectivity index (χ3n) is 3.28. The highest BCUT2D eigenvalue weighted by Gasteiger charge is 2.05. The van der Waals surface area contributed by atoms with E-state index in [9.17, 15) is 14.0 Å². The normalized spacial score (nSPS) is 10.2. The van der Waals surface area contributed by atoms with Gasteiger partial charge in [0.05, 0.1) is 7.11 Å². The van der Waals surface area contributed by atoms with E-state index < -0.39 is 11.8 Å². The maximum atomic E-state index is 12.8. The second kappa shape index (κ2) is 10.6. The predicted octanol–water partition coefficient (Wildman–Crippen LogP) is 1.95. The van der Waals surface area contributed by atoms with Crippen LogP contribution in [-0.4, -0.2) is 30.6 Å². The minimum absolute atomic E-state index is 0.0912. The van der Waals surface area contributed by atoms with Gasteiger partial charge in [-0.2, -0.15) is 0 Å². The molecule has 3 N–H and O–H groups in total. The van der Waals surface area contributed by atoms with E-state index in [2.05, 4.69) is 16.2 Å². The van der Waals surface area contributed by atoms with Crippen LogP contribution in [-0.2, 0) is 9.59 Å². The summed E-state index contributed by atoms with van der Waals surface area (Å²) in [5, 5.41) is 2.26. The fourth-order valence-electron chi connectivity index (χ4n) is 1.91. The molecule has 0 saturated heterocycles. The van der Waals surface area contributed by atoms with E-state index in [1.165, 1.54) is 36.4 Å². The Balaban J connectivity index is 1.68. The number of nitrogens with one attached hydrogen (secondary N) is 3. The zero-order chi connectivity index (χ0) is 20.4.